The van der Waals surface area contributed by atoms with E-state index in [4.69, 9.17) is 4.74 Å². The predicted molar refractivity (Wildman–Crippen MR) is 66.6 cm³/mol. The summed E-state index contributed by atoms with van der Waals surface area (Å²) in [4.78, 5) is 0. The second-order valence-corrected chi connectivity index (χ2v) is 5.26. The Morgan fingerprint density at radius 3 is 2.56 bits per heavy atom. The third-order valence-corrected chi connectivity index (χ3v) is 3.06. The largest absolute Gasteiger partial charge is 0.485 e. The molecule has 3 nitrogen and oxygen atoms in total. The molecule has 1 aliphatic carbocycles. The van der Waals surface area contributed by atoms with Crippen LogP contribution in [-0.4, -0.2) is 30.4 Å². The smallest absolute Gasteiger partial charge is 0.190 e. The number of halogens is 3. The zero-order valence-corrected chi connectivity index (χ0v) is 11.2. The lowest BCUT2D eigenvalue weighted by molar-refractivity contribution is 0.101. The SMILES string of the molecule is OC(CNC1CC1)COc1c(F)cc(Br)cc1F. The lowest BCUT2D eigenvalue weighted by atomic mass is 10.3. The van der Waals surface area contributed by atoms with Crippen molar-refractivity contribution in [2.75, 3.05) is 13.2 Å². The zero-order valence-electron chi connectivity index (χ0n) is 9.63. The van der Waals surface area contributed by atoms with E-state index in [1.807, 2.05) is 0 Å². The molecule has 1 aromatic rings. The molecule has 0 spiro atoms. The minimum atomic E-state index is -0.788. The highest BCUT2D eigenvalue weighted by Crippen LogP contribution is 2.26. The Morgan fingerprint density at radius 2 is 2.00 bits per heavy atom. The van der Waals surface area contributed by atoms with Crippen LogP contribution in [0, 0.1) is 11.6 Å². The van der Waals surface area contributed by atoms with E-state index < -0.39 is 23.5 Å². The van der Waals surface area contributed by atoms with Crippen LogP contribution >= 0.6 is 15.9 Å². The number of aliphatic hydroxyl groups is 1. The average molecular weight is 322 g/mol. The quantitative estimate of drug-likeness (QED) is 0.844. The van der Waals surface area contributed by atoms with Crippen molar-refractivity contribution in [1.82, 2.24) is 5.32 Å². The molecule has 0 bridgehead atoms. The number of benzene rings is 1. The van der Waals surface area contributed by atoms with Gasteiger partial charge in [0.2, 0.25) is 0 Å². The molecule has 1 aliphatic rings. The lowest BCUT2D eigenvalue weighted by Gasteiger charge is -2.14. The van der Waals surface area contributed by atoms with Crippen LogP contribution in [0.5, 0.6) is 5.75 Å². The van der Waals surface area contributed by atoms with E-state index in [1.165, 1.54) is 0 Å². The summed E-state index contributed by atoms with van der Waals surface area (Å²) in [6, 6.07) is 2.71. The number of hydrogen-bond donors (Lipinski definition) is 2. The Balaban J connectivity index is 1.84. The molecular weight excluding hydrogens is 308 g/mol. The Bertz CT molecular complexity index is 404. The second-order valence-electron chi connectivity index (χ2n) is 4.35. The molecule has 18 heavy (non-hydrogen) atoms. The minimum absolute atomic E-state index is 0.144. The second kappa shape index (κ2) is 5.95. The summed E-state index contributed by atoms with van der Waals surface area (Å²) in [6.45, 7) is 0.222. The van der Waals surface area contributed by atoms with Crippen molar-refractivity contribution in [1.29, 1.82) is 0 Å². The van der Waals surface area contributed by atoms with Crippen molar-refractivity contribution < 1.29 is 18.6 Å². The highest BCUT2D eigenvalue weighted by molar-refractivity contribution is 9.10. The van der Waals surface area contributed by atoms with E-state index in [0.29, 0.717) is 17.1 Å². The van der Waals surface area contributed by atoms with Gasteiger partial charge in [-0.1, -0.05) is 15.9 Å². The molecule has 1 fully saturated rings. The van der Waals surface area contributed by atoms with Gasteiger partial charge in [0.05, 0.1) is 0 Å². The van der Waals surface area contributed by atoms with Crippen molar-refractivity contribution in [3.8, 4) is 5.75 Å². The number of hydrogen-bond acceptors (Lipinski definition) is 3. The maximum Gasteiger partial charge on any atom is 0.190 e. The molecule has 1 aromatic carbocycles. The Kier molecular flexibility index (Phi) is 4.53. The first kappa shape index (κ1) is 13.7. The molecular formula is C12H14BrF2NO2. The Morgan fingerprint density at radius 1 is 1.39 bits per heavy atom. The van der Waals surface area contributed by atoms with Crippen LogP contribution in [-0.2, 0) is 0 Å². The van der Waals surface area contributed by atoms with Crippen molar-refractivity contribution in [2.45, 2.75) is 25.0 Å². The van der Waals surface area contributed by atoms with E-state index in [2.05, 4.69) is 21.2 Å². The van der Waals surface area contributed by atoms with Crippen LogP contribution in [0.3, 0.4) is 0 Å². The topological polar surface area (TPSA) is 41.5 Å². The summed E-state index contributed by atoms with van der Waals surface area (Å²) in [6.07, 6.45) is 1.45. The van der Waals surface area contributed by atoms with Gasteiger partial charge in [-0.15, -0.1) is 0 Å². The molecule has 6 heteroatoms. The van der Waals surface area contributed by atoms with Gasteiger partial charge >= 0.3 is 0 Å². The van der Waals surface area contributed by atoms with Crippen molar-refractivity contribution in [3.05, 3.63) is 28.2 Å². The molecule has 0 radical (unpaired) electrons. The third-order valence-electron chi connectivity index (χ3n) is 2.60. The molecule has 0 saturated heterocycles. The first-order valence-electron chi connectivity index (χ1n) is 5.75. The summed E-state index contributed by atoms with van der Waals surface area (Å²) >= 11 is 2.98. The summed E-state index contributed by atoms with van der Waals surface area (Å²) in [5.74, 6) is -2.03. The fraction of sp³-hybridized carbons (Fsp3) is 0.500. The standard InChI is InChI=1S/C12H14BrF2NO2/c13-7-3-10(14)12(11(15)4-7)18-6-9(17)5-16-8-1-2-8/h3-4,8-9,16-17H,1-2,5-6H2. The van der Waals surface area contributed by atoms with Crippen molar-refractivity contribution >= 4 is 15.9 Å². The van der Waals surface area contributed by atoms with Gasteiger partial charge in [0, 0.05) is 17.1 Å². The number of nitrogens with one attached hydrogen (secondary N) is 1. The number of aliphatic hydroxyl groups excluding tert-OH is 1. The van der Waals surface area contributed by atoms with Gasteiger partial charge in [0.25, 0.3) is 0 Å². The molecule has 0 aromatic heterocycles. The highest BCUT2D eigenvalue weighted by atomic mass is 79.9. The van der Waals surface area contributed by atoms with Gasteiger partial charge in [-0.25, -0.2) is 8.78 Å². The van der Waals surface area contributed by atoms with Gasteiger partial charge in [-0.2, -0.15) is 0 Å². The average Bonchev–Trinajstić information content (AvgIpc) is 3.08. The first-order valence-corrected chi connectivity index (χ1v) is 6.54. The fourth-order valence-corrected chi connectivity index (χ4v) is 1.90. The normalized spacial score (nSPS) is 16.7. The van der Waals surface area contributed by atoms with E-state index in [-0.39, 0.29) is 6.61 Å². The summed E-state index contributed by atoms with van der Waals surface area (Å²) in [5, 5.41) is 12.7. The predicted octanol–water partition coefficient (Wildman–Crippen LogP) is 2.22. The maximum absolute atomic E-state index is 13.4. The Labute approximate surface area is 112 Å². The van der Waals surface area contributed by atoms with E-state index >= 15 is 0 Å². The molecule has 2 N–H and O–H groups in total. The van der Waals surface area contributed by atoms with Crippen LogP contribution in [0.1, 0.15) is 12.8 Å². The van der Waals surface area contributed by atoms with Crippen LogP contribution in [0.2, 0.25) is 0 Å². The van der Waals surface area contributed by atoms with Crippen molar-refractivity contribution in [2.24, 2.45) is 0 Å². The molecule has 1 atom stereocenters. The lowest BCUT2D eigenvalue weighted by Crippen LogP contribution is -2.32. The van der Waals surface area contributed by atoms with Gasteiger partial charge in [0.1, 0.15) is 12.7 Å². The summed E-state index contributed by atoms with van der Waals surface area (Å²) < 4.78 is 32.1. The zero-order chi connectivity index (χ0) is 13.1. The maximum atomic E-state index is 13.4. The summed E-state index contributed by atoms with van der Waals surface area (Å²) in [7, 11) is 0. The third kappa shape index (κ3) is 3.90. The van der Waals surface area contributed by atoms with Crippen LogP contribution in [0.25, 0.3) is 0 Å². The van der Waals surface area contributed by atoms with Crippen LogP contribution < -0.4 is 10.1 Å². The molecule has 0 amide bonds. The minimum Gasteiger partial charge on any atom is -0.485 e. The van der Waals surface area contributed by atoms with Gasteiger partial charge in [0.15, 0.2) is 17.4 Å². The first-order chi connectivity index (χ1) is 8.56. The molecule has 2 rings (SSSR count). The van der Waals surface area contributed by atoms with E-state index in [0.717, 1.165) is 25.0 Å². The Hall–Kier alpha value is -0.720. The fourth-order valence-electron chi connectivity index (χ4n) is 1.50. The summed E-state index contributed by atoms with van der Waals surface area (Å²) in [5.41, 5.74) is 0. The molecule has 100 valence electrons. The molecule has 1 unspecified atom stereocenters. The van der Waals surface area contributed by atoms with Crippen molar-refractivity contribution in [3.63, 3.8) is 0 Å². The van der Waals surface area contributed by atoms with Crippen LogP contribution in [0.15, 0.2) is 16.6 Å². The van der Waals surface area contributed by atoms with Gasteiger partial charge in [-0.05, 0) is 25.0 Å². The van der Waals surface area contributed by atoms with Gasteiger partial charge in [-0.3, -0.25) is 0 Å². The molecule has 0 heterocycles. The monoisotopic (exact) mass is 321 g/mol. The highest BCUT2D eigenvalue weighted by Gasteiger charge is 2.21. The molecule has 1 saturated carbocycles. The number of ether oxygens (including phenoxy) is 1. The van der Waals surface area contributed by atoms with E-state index in [1.54, 1.807) is 0 Å². The van der Waals surface area contributed by atoms with Gasteiger partial charge < -0.3 is 15.2 Å². The number of rotatable bonds is 6. The molecule has 0 aliphatic heterocycles. The van der Waals surface area contributed by atoms with E-state index in [9.17, 15) is 13.9 Å². The van der Waals surface area contributed by atoms with Crippen LogP contribution in [0.4, 0.5) is 8.78 Å².